The number of aromatic nitrogens is 2. The normalized spacial score (nSPS) is 10.2. The molecule has 1 amide bonds. The van der Waals surface area contributed by atoms with E-state index >= 15 is 0 Å². The molecule has 0 bridgehead atoms. The predicted molar refractivity (Wildman–Crippen MR) is 75.9 cm³/mol. The molecule has 0 spiro atoms. The zero-order valence-electron chi connectivity index (χ0n) is 11.6. The van der Waals surface area contributed by atoms with Crippen molar-refractivity contribution in [2.75, 3.05) is 5.32 Å². The quantitative estimate of drug-likeness (QED) is 0.869. The van der Waals surface area contributed by atoms with Gasteiger partial charge >= 0.3 is 0 Å². The highest BCUT2D eigenvalue weighted by Gasteiger charge is 2.11. The molecule has 0 aliphatic carbocycles. The number of hydrogen-bond acceptors (Lipinski definition) is 4. The summed E-state index contributed by atoms with van der Waals surface area (Å²) >= 11 is 0. The Morgan fingerprint density at radius 2 is 1.75 bits per heavy atom. The van der Waals surface area contributed by atoms with E-state index < -0.39 is 0 Å². The van der Waals surface area contributed by atoms with Gasteiger partial charge in [-0.1, -0.05) is 0 Å². The van der Waals surface area contributed by atoms with Crippen LogP contribution in [0, 0.1) is 13.8 Å². The van der Waals surface area contributed by atoms with Crippen molar-refractivity contribution >= 4 is 17.4 Å². The first kappa shape index (κ1) is 13.9. The molecule has 1 N–H and O–H groups in total. The van der Waals surface area contributed by atoms with Crippen LogP contribution in [0.5, 0.6) is 0 Å². The Labute approximate surface area is 117 Å². The molecular weight excluding hydrogens is 254 g/mol. The molecule has 2 aromatic rings. The standard InChI is InChI=1S/C15H15N3O2/c1-9-14(8-16-11(3)17-9)15(20)18-13-6-4-12(5-7-13)10(2)19/h4-8H,1-3H3,(H,18,20). The second-order valence-electron chi connectivity index (χ2n) is 4.50. The van der Waals surface area contributed by atoms with Crippen molar-refractivity contribution in [3.8, 4) is 0 Å². The lowest BCUT2D eigenvalue weighted by Gasteiger charge is -2.07. The van der Waals surface area contributed by atoms with Crippen LogP contribution in [0.15, 0.2) is 30.5 Å². The monoisotopic (exact) mass is 269 g/mol. The Balaban J connectivity index is 2.17. The van der Waals surface area contributed by atoms with Crippen LogP contribution in [0.2, 0.25) is 0 Å². The lowest BCUT2D eigenvalue weighted by molar-refractivity contribution is 0.101. The van der Waals surface area contributed by atoms with Gasteiger partial charge in [0, 0.05) is 17.4 Å². The second-order valence-corrected chi connectivity index (χ2v) is 4.50. The first-order valence-corrected chi connectivity index (χ1v) is 6.20. The van der Waals surface area contributed by atoms with Crippen molar-refractivity contribution in [3.05, 3.63) is 53.1 Å². The van der Waals surface area contributed by atoms with Gasteiger partial charge in [0.25, 0.3) is 5.91 Å². The highest BCUT2D eigenvalue weighted by molar-refractivity contribution is 6.05. The molecule has 0 unspecified atom stereocenters. The average Bonchev–Trinajstić information content (AvgIpc) is 2.39. The smallest absolute Gasteiger partial charge is 0.259 e. The summed E-state index contributed by atoms with van der Waals surface area (Å²) in [4.78, 5) is 31.5. The van der Waals surface area contributed by atoms with Crippen LogP contribution < -0.4 is 5.32 Å². The van der Waals surface area contributed by atoms with Crippen molar-refractivity contribution in [1.29, 1.82) is 0 Å². The Morgan fingerprint density at radius 3 is 2.30 bits per heavy atom. The van der Waals surface area contributed by atoms with Crippen molar-refractivity contribution in [2.45, 2.75) is 20.8 Å². The first-order valence-electron chi connectivity index (χ1n) is 6.20. The highest BCUT2D eigenvalue weighted by atomic mass is 16.1. The number of carbonyl (C=O) groups is 2. The average molecular weight is 269 g/mol. The van der Waals surface area contributed by atoms with Gasteiger partial charge < -0.3 is 5.32 Å². The molecule has 2 rings (SSSR count). The number of nitrogens with one attached hydrogen (secondary N) is 1. The third-order valence-electron chi connectivity index (χ3n) is 2.89. The maximum absolute atomic E-state index is 12.1. The van der Waals surface area contributed by atoms with Crippen LogP contribution in [-0.4, -0.2) is 21.7 Å². The van der Waals surface area contributed by atoms with E-state index in [0.29, 0.717) is 28.3 Å². The number of Topliss-reactive ketones (excluding diaryl/α,β-unsaturated/α-hetero) is 1. The van der Waals surface area contributed by atoms with Gasteiger partial charge in [0.2, 0.25) is 0 Å². The Bertz CT molecular complexity index is 663. The van der Waals surface area contributed by atoms with E-state index in [-0.39, 0.29) is 11.7 Å². The SMILES string of the molecule is CC(=O)c1ccc(NC(=O)c2cnc(C)nc2C)cc1. The van der Waals surface area contributed by atoms with Gasteiger partial charge in [0.15, 0.2) is 5.78 Å². The van der Waals surface area contributed by atoms with E-state index in [1.54, 1.807) is 38.1 Å². The van der Waals surface area contributed by atoms with E-state index in [1.165, 1.54) is 13.1 Å². The summed E-state index contributed by atoms with van der Waals surface area (Å²) < 4.78 is 0. The third kappa shape index (κ3) is 3.06. The minimum atomic E-state index is -0.266. The molecule has 0 saturated carbocycles. The molecule has 0 fully saturated rings. The largest absolute Gasteiger partial charge is 0.322 e. The molecular formula is C15H15N3O2. The van der Waals surface area contributed by atoms with Crippen LogP contribution in [0.3, 0.4) is 0 Å². The fraction of sp³-hybridized carbons (Fsp3) is 0.200. The topological polar surface area (TPSA) is 72.0 Å². The number of amides is 1. The predicted octanol–water partition coefficient (Wildman–Crippen LogP) is 2.55. The zero-order valence-corrected chi connectivity index (χ0v) is 11.6. The molecule has 0 aliphatic rings. The second kappa shape index (κ2) is 5.61. The van der Waals surface area contributed by atoms with Crippen molar-refractivity contribution in [2.24, 2.45) is 0 Å². The number of ketones is 1. The number of nitrogens with zero attached hydrogens (tertiary/aromatic N) is 2. The third-order valence-corrected chi connectivity index (χ3v) is 2.89. The Kier molecular flexibility index (Phi) is 3.89. The van der Waals surface area contributed by atoms with Crippen molar-refractivity contribution < 1.29 is 9.59 Å². The molecule has 1 heterocycles. The zero-order chi connectivity index (χ0) is 14.7. The lowest BCUT2D eigenvalue weighted by atomic mass is 10.1. The van der Waals surface area contributed by atoms with Gasteiger partial charge in [-0.25, -0.2) is 9.97 Å². The summed E-state index contributed by atoms with van der Waals surface area (Å²) in [6.45, 7) is 5.04. The van der Waals surface area contributed by atoms with Gasteiger partial charge in [-0.05, 0) is 45.0 Å². The van der Waals surface area contributed by atoms with Gasteiger partial charge in [0.05, 0.1) is 11.3 Å². The van der Waals surface area contributed by atoms with Crippen LogP contribution in [0.4, 0.5) is 5.69 Å². The highest BCUT2D eigenvalue weighted by Crippen LogP contribution is 2.12. The number of benzene rings is 1. The summed E-state index contributed by atoms with van der Waals surface area (Å²) in [5.41, 5.74) is 2.31. The van der Waals surface area contributed by atoms with E-state index in [4.69, 9.17) is 0 Å². The summed E-state index contributed by atoms with van der Waals surface area (Å²) in [6.07, 6.45) is 1.51. The summed E-state index contributed by atoms with van der Waals surface area (Å²) in [7, 11) is 0. The summed E-state index contributed by atoms with van der Waals surface area (Å²) in [6, 6.07) is 6.74. The van der Waals surface area contributed by atoms with Crippen LogP contribution in [0.1, 0.15) is 39.2 Å². The molecule has 0 saturated heterocycles. The first-order chi connectivity index (χ1) is 9.47. The van der Waals surface area contributed by atoms with E-state index in [1.807, 2.05) is 0 Å². The van der Waals surface area contributed by atoms with Gasteiger partial charge in [0.1, 0.15) is 5.82 Å². The summed E-state index contributed by atoms with van der Waals surface area (Å²) in [5.74, 6) is 0.355. The molecule has 1 aromatic heterocycles. The van der Waals surface area contributed by atoms with Crippen LogP contribution >= 0.6 is 0 Å². The van der Waals surface area contributed by atoms with Gasteiger partial charge in [-0.15, -0.1) is 0 Å². The molecule has 5 heteroatoms. The fourth-order valence-electron chi connectivity index (χ4n) is 1.79. The maximum atomic E-state index is 12.1. The van der Waals surface area contributed by atoms with Crippen molar-refractivity contribution in [1.82, 2.24) is 9.97 Å². The van der Waals surface area contributed by atoms with Crippen molar-refractivity contribution in [3.63, 3.8) is 0 Å². The number of carbonyl (C=O) groups excluding carboxylic acids is 2. The molecule has 5 nitrogen and oxygen atoms in total. The Morgan fingerprint density at radius 1 is 1.10 bits per heavy atom. The molecule has 0 radical (unpaired) electrons. The molecule has 1 aromatic carbocycles. The maximum Gasteiger partial charge on any atom is 0.259 e. The molecule has 102 valence electrons. The summed E-state index contributed by atoms with van der Waals surface area (Å²) in [5, 5.41) is 2.75. The van der Waals surface area contributed by atoms with Crippen LogP contribution in [-0.2, 0) is 0 Å². The van der Waals surface area contributed by atoms with Gasteiger partial charge in [-0.3, -0.25) is 9.59 Å². The van der Waals surface area contributed by atoms with E-state index in [9.17, 15) is 9.59 Å². The molecule has 0 atom stereocenters. The number of anilines is 1. The van der Waals surface area contributed by atoms with E-state index in [0.717, 1.165) is 0 Å². The fourth-order valence-corrected chi connectivity index (χ4v) is 1.79. The minimum Gasteiger partial charge on any atom is -0.322 e. The lowest BCUT2D eigenvalue weighted by Crippen LogP contribution is -2.15. The molecule has 0 aliphatic heterocycles. The van der Waals surface area contributed by atoms with Gasteiger partial charge in [-0.2, -0.15) is 0 Å². The number of rotatable bonds is 3. The van der Waals surface area contributed by atoms with Crippen LogP contribution in [0.25, 0.3) is 0 Å². The molecule has 20 heavy (non-hydrogen) atoms. The minimum absolute atomic E-state index is 0.00865. The van der Waals surface area contributed by atoms with E-state index in [2.05, 4.69) is 15.3 Å². The Hall–Kier alpha value is -2.56. The number of aryl methyl sites for hydroxylation is 2. The number of hydrogen-bond donors (Lipinski definition) is 1.